The molecule has 2 saturated heterocycles. The van der Waals surface area contributed by atoms with Gasteiger partial charge in [-0.2, -0.15) is 5.10 Å². The largest absolute Gasteiger partial charge is 0.480 e. The summed E-state index contributed by atoms with van der Waals surface area (Å²) in [6.07, 6.45) is 5.31. The van der Waals surface area contributed by atoms with Crippen LogP contribution in [0.3, 0.4) is 0 Å². The van der Waals surface area contributed by atoms with Crippen LogP contribution in [0.5, 0.6) is 0 Å². The number of piperazine rings is 1. The number of nitrogens with zero attached hydrogens (tertiary/aromatic N) is 6. The predicted molar refractivity (Wildman–Crippen MR) is 167 cm³/mol. The second kappa shape index (κ2) is 12.2. The molecule has 11 nitrogen and oxygen atoms in total. The third-order valence-corrected chi connectivity index (χ3v) is 8.06. The number of benzene rings is 1. The normalized spacial score (nSPS) is 19.1. The van der Waals surface area contributed by atoms with Crippen LogP contribution in [0.15, 0.2) is 48.8 Å². The van der Waals surface area contributed by atoms with Crippen LogP contribution in [0, 0.1) is 5.82 Å². The molecule has 6 rings (SSSR count). The fourth-order valence-electron chi connectivity index (χ4n) is 5.62. The van der Waals surface area contributed by atoms with Gasteiger partial charge in [-0.3, -0.25) is 9.88 Å². The summed E-state index contributed by atoms with van der Waals surface area (Å²) < 4.78 is 28.2. The number of ether oxygens (including phenoxy) is 2. The number of pyridine rings is 2. The van der Waals surface area contributed by atoms with Gasteiger partial charge in [0.25, 0.3) is 0 Å². The second-order valence-corrected chi connectivity index (χ2v) is 12.7. The van der Waals surface area contributed by atoms with Gasteiger partial charge in [0.1, 0.15) is 29.4 Å². The molecule has 236 valence electrons. The zero-order valence-corrected chi connectivity index (χ0v) is 26.0. The number of hydrogen-bond donors (Lipinski definition) is 1. The Hall–Kier alpha value is -4.29. The Kier molecular flexibility index (Phi) is 8.36. The number of carbonyl (C=O) groups is 2. The molecule has 5 heterocycles. The van der Waals surface area contributed by atoms with Gasteiger partial charge in [-0.05, 0) is 76.4 Å². The van der Waals surface area contributed by atoms with E-state index in [1.165, 1.54) is 17.0 Å². The first-order valence-electron chi connectivity index (χ1n) is 14.9. The van der Waals surface area contributed by atoms with Crippen LogP contribution < -0.4 is 4.90 Å². The van der Waals surface area contributed by atoms with Crippen LogP contribution in [0.25, 0.3) is 33.5 Å². The zero-order valence-electron chi connectivity index (χ0n) is 25.2. The second-order valence-electron chi connectivity index (χ2n) is 12.2. The van der Waals surface area contributed by atoms with Crippen molar-refractivity contribution in [2.24, 2.45) is 0 Å². The van der Waals surface area contributed by atoms with Crippen molar-refractivity contribution in [3.05, 3.63) is 59.6 Å². The van der Waals surface area contributed by atoms with Gasteiger partial charge in [-0.1, -0.05) is 11.6 Å². The summed E-state index contributed by atoms with van der Waals surface area (Å²) in [7, 11) is 0. The molecule has 2 aliphatic heterocycles. The monoisotopic (exact) mass is 636 g/mol. The van der Waals surface area contributed by atoms with Crippen LogP contribution in [-0.4, -0.2) is 79.7 Å². The topological polar surface area (TPSA) is 123 Å². The van der Waals surface area contributed by atoms with Gasteiger partial charge in [-0.25, -0.2) is 23.6 Å². The Labute approximate surface area is 264 Å². The summed E-state index contributed by atoms with van der Waals surface area (Å²) >= 11 is 6.25. The maximum atomic E-state index is 15.1. The van der Waals surface area contributed by atoms with E-state index in [0.717, 1.165) is 19.3 Å². The molecule has 3 aromatic heterocycles. The van der Waals surface area contributed by atoms with E-state index >= 15 is 4.39 Å². The quantitative estimate of drug-likeness (QED) is 0.274. The molecule has 2 atom stereocenters. The Morgan fingerprint density at radius 2 is 1.91 bits per heavy atom. The molecule has 1 unspecified atom stereocenters. The number of anilines is 1. The average Bonchev–Trinajstić information content (AvgIpc) is 3.46. The van der Waals surface area contributed by atoms with Gasteiger partial charge < -0.3 is 19.5 Å². The van der Waals surface area contributed by atoms with E-state index in [4.69, 9.17) is 31.2 Å². The van der Waals surface area contributed by atoms with E-state index < -0.39 is 29.5 Å². The fraction of sp³-hybridized carbons (Fsp3) is 0.406. The number of aromatic nitrogens is 4. The van der Waals surface area contributed by atoms with E-state index in [0.29, 0.717) is 51.8 Å². The summed E-state index contributed by atoms with van der Waals surface area (Å²) in [6, 6.07) is 8.72. The Bertz CT molecular complexity index is 1750. The molecule has 0 spiro atoms. The van der Waals surface area contributed by atoms with Gasteiger partial charge >= 0.3 is 12.1 Å². The van der Waals surface area contributed by atoms with Crippen molar-refractivity contribution in [2.45, 2.75) is 57.9 Å². The summed E-state index contributed by atoms with van der Waals surface area (Å²) in [6.45, 7) is 6.43. The highest BCUT2D eigenvalue weighted by atomic mass is 35.5. The Morgan fingerprint density at radius 1 is 1.09 bits per heavy atom. The van der Waals surface area contributed by atoms with E-state index in [1.54, 1.807) is 37.7 Å². The maximum absolute atomic E-state index is 15.1. The number of hydrogen-bond acceptors (Lipinski definition) is 8. The van der Waals surface area contributed by atoms with Crippen molar-refractivity contribution >= 4 is 40.4 Å². The molecule has 45 heavy (non-hydrogen) atoms. The van der Waals surface area contributed by atoms with Gasteiger partial charge in [0.15, 0.2) is 0 Å². The number of carboxylic acids is 1. The van der Waals surface area contributed by atoms with E-state index in [9.17, 15) is 14.7 Å². The van der Waals surface area contributed by atoms with E-state index in [-0.39, 0.29) is 24.9 Å². The first-order chi connectivity index (χ1) is 21.5. The Morgan fingerprint density at radius 3 is 2.64 bits per heavy atom. The fourth-order valence-corrected chi connectivity index (χ4v) is 5.80. The number of carbonyl (C=O) groups excluding carboxylic acids is 1. The number of fused-ring (bicyclic) bond motifs is 1. The van der Waals surface area contributed by atoms with Crippen molar-refractivity contribution in [2.75, 3.05) is 31.1 Å². The maximum Gasteiger partial charge on any atom is 0.411 e. The summed E-state index contributed by atoms with van der Waals surface area (Å²) in [5, 5.41) is 15.1. The Balaban J connectivity index is 1.34. The van der Waals surface area contributed by atoms with E-state index in [2.05, 4.69) is 4.98 Å². The van der Waals surface area contributed by atoms with Crippen molar-refractivity contribution in [3.8, 4) is 22.5 Å². The summed E-state index contributed by atoms with van der Waals surface area (Å²) in [4.78, 5) is 37.5. The van der Waals surface area contributed by atoms with Crippen LogP contribution in [0.4, 0.5) is 14.9 Å². The highest BCUT2D eigenvalue weighted by molar-refractivity contribution is 6.30. The zero-order chi connectivity index (χ0) is 31.9. The first kappa shape index (κ1) is 30.7. The minimum atomic E-state index is -1.13. The smallest absolute Gasteiger partial charge is 0.411 e. The van der Waals surface area contributed by atoms with Crippen molar-refractivity contribution < 1.29 is 28.6 Å². The molecular weight excluding hydrogens is 603 g/mol. The third-order valence-electron chi connectivity index (χ3n) is 7.82. The molecule has 0 aliphatic carbocycles. The lowest BCUT2D eigenvalue weighted by Gasteiger charge is -2.40. The summed E-state index contributed by atoms with van der Waals surface area (Å²) in [5.74, 6) is -1.59. The third kappa shape index (κ3) is 6.57. The number of rotatable bonds is 5. The first-order valence-corrected chi connectivity index (χ1v) is 15.3. The molecule has 1 N–H and O–H groups in total. The minimum absolute atomic E-state index is 0.0494. The average molecular weight is 637 g/mol. The van der Waals surface area contributed by atoms with Crippen molar-refractivity contribution in [1.82, 2.24) is 24.6 Å². The molecule has 0 radical (unpaired) electrons. The lowest BCUT2D eigenvalue weighted by Crippen LogP contribution is -2.59. The number of aliphatic carboxylic acids is 1. The van der Waals surface area contributed by atoms with Crippen molar-refractivity contribution in [3.63, 3.8) is 0 Å². The van der Waals surface area contributed by atoms with Crippen LogP contribution in [-0.2, 0) is 14.3 Å². The van der Waals surface area contributed by atoms with E-state index in [1.807, 2.05) is 29.3 Å². The molecule has 4 aromatic rings. The standard InChI is InChI=1S/C32H34ClFN6O5/c1-32(2,3)45-31(43)39-12-11-38(18-27(39)30(41)42)20-15-26-25(35-16-20)10-9-24(36-26)22-17-40(28-6-4-5-13-44-28)37-29(22)21-14-19(33)7-8-23(21)34/h7-10,14-17,27-28H,4-6,11-13,18H2,1-3H3,(H,41,42)/t27-,28?/m1/s1. The van der Waals surface area contributed by atoms with Gasteiger partial charge in [0, 0.05) is 48.6 Å². The predicted octanol–water partition coefficient (Wildman–Crippen LogP) is 6.16. The number of carboxylic acid groups (broad SMARTS) is 1. The van der Waals surface area contributed by atoms with Crippen LogP contribution >= 0.6 is 11.6 Å². The van der Waals surface area contributed by atoms with Gasteiger partial charge in [0.05, 0.1) is 28.6 Å². The number of amides is 1. The molecule has 1 amide bonds. The van der Waals surface area contributed by atoms with Crippen LogP contribution in [0.1, 0.15) is 46.3 Å². The molecule has 0 bridgehead atoms. The van der Waals surface area contributed by atoms with Gasteiger partial charge in [0.2, 0.25) is 0 Å². The lowest BCUT2D eigenvalue weighted by atomic mass is 10.0. The minimum Gasteiger partial charge on any atom is -0.480 e. The highest BCUT2D eigenvalue weighted by Gasteiger charge is 2.38. The molecule has 1 aromatic carbocycles. The lowest BCUT2D eigenvalue weighted by molar-refractivity contribution is -0.143. The van der Waals surface area contributed by atoms with Crippen LogP contribution in [0.2, 0.25) is 5.02 Å². The van der Waals surface area contributed by atoms with Gasteiger partial charge in [-0.15, -0.1) is 0 Å². The summed E-state index contributed by atoms with van der Waals surface area (Å²) in [5.41, 5.74) is 2.90. The highest BCUT2D eigenvalue weighted by Crippen LogP contribution is 2.36. The molecule has 2 fully saturated rings. The molecule has 13 heteroatoms. The number of halogens is 2. The molecule has 2 aliphatic rings. The molecule has 0 saturated carbocycles. The SMILES string of the molecule is CC(C)(C)OC(=O)N1CCN(c2cnc3ccc(-c4cn(C5CCCCO5)nc4-c4cc(Cl)ccc4F)nc3c2)C[C@@H]1C(=O)O. The van der Waals surface area contributed by atoms with Crippen molar-refractivity contribution in [1.29, 1.82) is 0 Å². The molecular formula is C32H34ClFN6O5.